The van der Waals surface area contributed by atoms with Crippen LogP contribution in [0.4, 0.5) is 0 Å². The highest BCUT2D eigenvalue weighted by atomic mass is 16.5. The Morgan fingerprint density at radius 2 is 1.61 bits per heavy atom. The van der Waals surface area contributed by atoms with E-state index in [9.17, 15) is 14.7 Å². The largest absolute Gasteiger partial charge is 0.462 e. The van der Waals surface area contributed by atoms with Crippen LogP contribution >= 0.6 is 0 Å². The molecular weight excluding hydrogens is 362 g/mol. The van der Waals surface area contributed by atoms with Gasteiger partial charge in [0, 0.05) is 18.7 Å². The van der Waals surface area contributed by atoms with Crippen molar-refractivity contribution in [3.05, 3.63) is 29.6 Å². The molecule has 0 aromatic carbocycles. The Labute approximate surface area is 168 Å². The molecule has 0 amide bonds. The van der Waals surface area contributed by atoms with Gasteiger partial charge in [0.15, 0.2) is 0 Å². The molecule has 1 aromatic heterocycles. The predicted molar refractivity (Wildman–Crippen MR) is 107 cm³/mol. The fourth-order valence-corrected chi connectivity index (χ4v) is 2.24. The summed E-state index contributed by atoms with van der Waals surface area (Å²) >= 11 is 0. The summed E-state index contributed by atoms with van der Waals surface area (Å²) in [6, 6.07) is 2.97. The van der Waals surface area contributed by atoms with Crippen molar-refractivity contribution in [3.8, 4) is 0 Å². The van der Waals surface area contributed by atoms with Crippen LogP contribution in [0, 0.1) is 5.92 Å². The van der Waals surface area contributed by atoms with Crippen LogP contribution in [0.5, 0.6) is 0 Å². The Morgan fingerprint density at radius 1 is 1.00 bits per heavy atom. The Balaban J connectivity index is 0.000000621. The summed E-state index contributed by atoms with van der Waals surface area (Å²) in [5, 5.41) is 18.1. The number of carbonyl (C=O) groups excluding carboxylic acids is 2. The Hall–Kier alpha value is -1.99. The first-order valence-corrected chi connectivity index (χ1v) is 10.0. The molecule has 0 aliphatic rings. The molecule has 2 unspecified atom stereocenters. The number of aliphatic hydroxyl groups is 2. The fourth-order valence-electron chi connectivity index (χ4n) is 2.24. The first kappa shape index (κ1) is 26.0. The number of aromatic nitrogens is 1. The highest BCUT2D eigenvalue weighted by Gasteiger charge is 2.14. The molecule has 0 saturated carbocycles. The summed E-state index contributed by atoms with van der Waals surface area (Å²) in [5.74, 6) is -0.830. The third-order valence-electron chi connectivity index (χ3n) is 3.97. The van der Waals surface area contributed by atoms with Gasteiger partial charge < -0.3 is 19.7 Å². The van der Waals surface area contributed by atoms with Crippen molar-refractivity contribution < 1.29 is 29.3 Å². The van der Waals surface area contributed by atoms with Crippen LogP contribution in [0.1, 0.15) is 80.6 Å². The van der Waals surface area contributed by atoms with Gasteiger partial charge in [0.2, 0.25) is 0 Å². The number of hydrogen-bond acceptors (Lipinski definition) is 7. The van der Waals surface area contributed by atoms with Crippen LogP contribution in [-0.2, 0) is 9.47 Å². The third-order valence-corrected chi connectivity index (χ3v) is 3.97. The maximum Gasteiger partial charge on any atom is 0.356 e. The molecule has 0 radical (unpaired) electrons. The minimum absolute atomic E-state index is 0.0833. The van der Waals surface area contributed by atoms with Crippen LogP contribution in [-0.4, -0.2) is 53.1 Å². The summed E-state index contributed by atoms with van der Waals surface area (Å²) < 4.78 is 9.87. The number of nitrogens with zero attached hydrogens (tertiary/aromatic N) is 1. The average molecular weight is 398 g/mol. The lowest BCUT2D eigenvalue weighted by molar-refractivity contribution is 0.0485. The second-order valence-electron chi connectivity index (χ2n) is 6.41. The molecule has 1 rings (SSSR count). The number of rotatable bonds is 11. The number of ether oxygens (including phenoxy) is 2. The van der Waals surface area contributed by atoms with E-state index in [1.165, 1.54) is 18.3 Å². The maximum atomic E-state index is 11.5. The summed E-state index contributed by atoms with van der Waals surface area (Å²) in [6.07, 6.45) is 5.18. The fraction of sp³-hybridized carbons (Fsp3) is 0.667. The lowest BCUT2D eigenvalue weighted by Crippen LogP contribution is -2.22. The van der Waals surface area contributed by atoms with Gasteiger partial charge in [-0.05, 0) is 37.8 Å². The van der Waals surface area contributed by atoms with E-state index in [0.717, 1.165) is 32.1 Å². The van der Waals surface area contributed by atoms with Gasteiger partial charge in [-0.3, -0.25) is 0 Å². The number of carbonyl (C=O) groups is 2. The number of aliphatic hydroxyl groups excluding tert-OH is 2. The van der Waals surface area contributed by atoms with E-state index >= 15 is 0 Å². The Bertz CT molecular complexity index is 503. The van der Waals surface area contributed by atoms with E-state index in [4.69, 9.17) is 14.6 Å². The van der Waals surface area contributed by atoms with Gasteiger partial charge in [-0.1, -0.05) is 34.1 Å². The van der Waals surface area contributed by atoms with Crippen molar-refractivity contribution >= 4 is 11.9 Å². The van der Waals surface area contributed by atoms with Crippen molar-refractivity contribution in [1.82, 2.24) is 4.98 Å². The molecule has 0 bridgehead atoms. The number of esters is 2. The molecule has 0 saturated heterocycles. The van der Waals surface area contributed by atoms with Gasteiger partial charge in [-0.2, -0.15) is 0 Å². The molecule has 0 spiro atoms. The zero-order chi connectivity index (χ0) is 21.4. The minimum atomic E-state index is -0.481. The maximum absolute atomic E-state index is 11.5. The van der Waals surface area contributed by atoms with Crippen LogP contribution in [0.3, 0.4) is 0 Å². The molecule has 28 heavy (non-hydrogen) atoms. The molecule has 7 nitrogen and oxygen atoms in total. The van der Waals surface area contributed by atoms with Gasteiger partial charge in [-0.25, -0.2) is 14.6 Å². The molecular formula is C21H35NO6. The van der Waals surface area contributed by atoms with E-state index < -0.39 is 11.9 Å². The molecule has 1 heterocycles. The van der Waals surface area contributed by atoms with Gasteiger partial charge in [0.25, 0.3) is 0 Å². The van der Waals surface area contributed by atoms with E-state index in [-0.39, 0.29) is 24.3 Å². The number of hydrogen-bond donors (Lipinski definition) is 2. The molecule has 0 aliphatic heterocycles. The highest BCUT2D eigenvalue weighted by molar-refractivity contribution is 5.91. The van der Waals surface area contributed by atoms with Crippen molar-refractivity contribution in [3.63, 3.8) is 0 Å². The van der Waals surface area contributed by atoms with E-state index in [1.807, 2.05) is 27.7 Å². The van der Waals surface area contributed by atoms with Crippen molar-refractivity contribution in [2.75, 3.05) is 19.8 Å². The summed E-state index contributed by atoms with van der Waals surface area (Å²) in [6.45, 7) is 8.69. The second-order valence-corrected chi connectivity index (χ2v) is 6.41. The number of pyridine rings is 1. The van der Waals surface area contributed by atoms with Crippen molar-refractivity contribution in [2.45, 2.75) is 65.9 Å². The van der Waals surface area contributed by atoms with Gasteiger partial charge in [0.1, 0.15) is 5.69 Å². The average Bonchev–Trinajstić information content (AvgIpc) is 2.72. The first-order chi connectivity index (χ1) is 13.4. The zero-order valence-electron chi connectivity index (χ0n) is 17.5. The van der Waals surface area contributed by atoms with Crippen LogP contribution in [0.15, 0.2) is 18.3 Å². The standard InChI is InChI=1S/C13H17NO4.C8H18O2/c1-3-7-17-12(15)10-5-6-11(14-9-10)13(16)18-8-4-2;1-3-5-8(10)7(4-2)6-9/h5-6,9H,3-4,7-8H2,1-2H3;7-10H,3-6H2,1-2H3. The van der Waals surface area contributed by atoms with Crippen LogP contribution < -0.4 is 0 Å². The summed E-state index contributed by atoms with van der Waals surface area (Å²) in [4.78, 5) is 26.8. The zero-order valence-corrected chi connectivity index (χ0v) is 17.5. The third kappa shape index (κ3) is 10.4. The van der Waals surface area contributed by atoms with E-state index in [2.05, 4.69) is 4.98 Å². The molecule has 2 atom stereocenters. The molecule has 0 fully saturated rings. The second kappa shape index (κ2) is 16.0. The monoisotopic (exact) mass is 397 g/mol. The summed E-state index contributed by atoms with van der Waals surface area (Å²) in [5.41, 5.74) is 0.519. The van der Waals surface area contributed by atoms with E-state index in [1.54, 1.807) is 0 Å². The quantitative estimate of drug-likeness (QED) is 0.551. The summed E-state index contributed by atoms with van der Waals surface area (Å²) in [7, 11) is 0. The molecule has 160 valence electrons. The van der Waals surface area contributed by atoms with Crippen molar-refractivity contribution in [2.24, 2.45) is 5.92 Å². The molecule has 7 heteroatoms. The topological polar surface area (TPSA) is 106 Å². The van der Waals surface area contributed by atoms with Crippen LogP contribution in [0.2, 0.25) is 0 Å². The molecule has 1 aromatic rings. The van der Waals surface area contributed by atoms with Gasteiger partial charge in [-0.15, -0.1) is 0 Å². The highest BCUT2D eigenvalue weighted by Crippen LogP contribution is 2.12. The SMILES string of the molecule is CCCC(O)C(CC)CO.CCCOC(=O)c1ccc(C(=O)OCCC)nc1. The smallest absolute Gasteiger partial charge is 0.356 e. The molecule has 2 N–H and O–H groups in total. The normalized spacial score (nSPS) is 12.4. The minimum Gasteiger partial charge on any atom is -0.462 e. The Morgan fingerprint density at radius 3 is 2.04 bits per heavy atom. The lowest BCUT2D eigenvalue weighted by atomic mass is 9.97. The van der Waals surface area contributed by atoms with Gasteiger partial charge in [0.05, 0.1) is 24.9 Å². The van der Waals surface area contributed by atoms with Crippen molar-refractivity contribution in [1.29, 1.82) is 0 Å². The predicted octanol–water partition coefficient (Wildman–Crippen LogP) is 3.38. The lowest BCUT2D eigenvalue weighted by Gasteiger charge is -2.17. The molecule has 0 aliphatic carbocycles. The van der Waals surface area contributed by atoms with E-state index in [0.29, 0.717) is 18.8 Å². The van der Waals surface area contributed by atoms with Gasteiger partial charge >= 0.3 is 11.9 Å². The van der Waals surface area contributed by atoms with Crippen LogP contribution in [0.25, 0.3) is 0 Å². The Kier molecular flexibility index (Phi) is 14.9. The first-order valence-electron chi connectivity index (χ1n) is 10.0.